The van der Waals surface area contributed by atoms with Gasteiger partial charge in [0.05, 0.1) is 5.69 Å². The lowest BCUT2D eigenvalue weighted by molar-refractivity contribution is 0.673. The Labute approximate surface area is 275 Å². The molecule has 47 heavy (non-hydrogen) atoms. The Morgan fingerprint density at radius 2 is 1.15 bits per heavy atom. The van der Waals surface area contributed by atoms with Gasteiger partial charge in [0.15, 0.2) is 0 Å². The molecule has 3 heteroatoms. The van der Waals surface area contributed by atoms with E-state index in [-0.39, 0.29) is 0 Å². The van der Waals surface area contributed by atoms with Gasteiger partial charge in [0.25, 0.3) is 0 Å². The molecule has 0 aliphatic rings. The number of nitrogens with zero attached hydrogens (tertiary/aromatic N) is 1. The van der Waals surface area contributed by atoms with Crippen molar-refractivity contribution in [3.63, 3.8) is 0 Å². The maximum absolute atomic E-state index is 6.65. The van der Waals surface area contributed by atoms with Crippen LogP contribution in [0.25, 0.3) is 74.8 Å². The van der Waals surface area contributed by atoms with Crippen molar-refractivity contribution < 1.29 is 4.42 Å². The summed E-state index contributed by atoms with van der Waals surface area (Å²) in [6.07, 6.45) is 0. The molecule has 0 N–H and O–H groups in total. The number of thiophene rings is 1. The third kappa shape index (κ3) is 4.10. The second-order valence-electron chi connectivity index (χ2n) is 12.1. The molecule has 2 heterocycles. The summed E-state index contributed by atoms with van der Waals surface area (Å²) in [5.74, 6) is 0. The van der Waals surface area contributed by atoms with Crippen molar-refractivity contribution in [3.05, 3.63) is 164 Å². The van der Waals surface area contributed by atoms with Crippen LogP contribution in [0.4, 0.5) is 17.1 Å². The summed E-state index contributed by atoms with van der Waals surface area (Å²) in [6, 6.07) is 58.9. The highest BCUT2D eigenvalue weighted by atomic mass is 32.1. The maximum atomic E-state index is 6.65. The minimum atomic E-state index is 0.919. The Kier molecular flexibility index (Phi) is 5.78. The Morgan fingerprint density at radius 3 is 2.06 bits per heavy atom. The van der Waals surface area contributed by atoms with Crippen LogP contribution in [0.1, 0.15) is 0 Å². The first-order chi connectivity index (χ1) is 23.3. The molecule has 0 radical (unpaired) electrons. The predicted molar refractivity (Wildman–Crippen MR) is 202 cm³/mol. The summed E-state index contributed by atoms with van der Waals surface area (Å²) in [5, 5.41) is 9.66. The highest BCUT2D eigenvalue weighted by Crippen LogP contribution is 2.49. The average Bonchev–Trinajstić information content (AvgIpc) is 3.71. The van der Waals surface area contributed by atoms with E-state index in [2.05, 4.69) is 169 Å². The summed E-state index contributed by atoms with van der Waals surface area (Å²) >= 11 is 1.85. The summed E-state index contributed by atoms with van der Waals surface area (Å²) in [6.45, 7) is 0. The van der Waals surface area contributed by atoms with Crippen molar-refractivity contribution in [1.29, 1.82) is 0 Å². The molecule has 0 saturated heterocycles. The predicted octanol–water partition coefficient (Wildman–Crippen LogP) is 13.4. The first kappa shape index (κ1) is 26.3. The van der Waals surface area contributed by atoms with Crippen molar-refractivity contribution in [1.82, 2.24) is 0 Å². The fraction of sp³-hybridized carbons (Fsp3) is 0. The van der Waals surface area contributed by atoms with E-state index in [1.54, 1.807) is 0 Å². The third-order valence-electron chi connectivity index (χ3n) is 9.41. The highest BCUT2D eigenvalue weighted by molar-refractivity contribution is 7.26. The number of rotatable bonds is 4. The summed E-state index contributed by atoms with van der Waals surface area (Å²) in [4.78, 5) is 2.41. The average molecular weight is 618 g/mol. The van der Waals surface area contributed by atoms with E-state index in [1.807, 2.05) is 11.3 Å². The van der Waals surface area contributed by atoms with Gasteiger partial charge in [-0.3, -0.25) is 0 Å². The summed E-state index contributed by atoms with van der Waals surface area (Å²) < 4.78 is 9.16. The summed E-state index contributed by atoms with van der Waals surface area (Å²) in [5.41, 5.74) is 7.64. The first-order valence-corrected chi connectivity index (χ1v) is 16.7. The van der Waals surface area contributed by atoms with Gasteiger partial charge in [0.1, 0.15) is 11.2 Å². The van der Waals surface area contributed by atoms with Gasteiger partial charge in [-0.2, -0.15) is 0 Å². The number of furan rings is 1. The Hall–Kier alpha value is -5.90. The van der Waals surface area contributed by atoms with Gasteiger partial charge in [0, 0.05) is 47.7 Å². The third-order valence-corrected chi connectivity index (χ3v) is 10.5. The van der Waals surface area contributed by atoms with E-state index < -0.39 is 0 Å². The fourth-order valence-corrected chi connectivity index (χ4v) is 8.40. The summed E-state index contributed by atoms with van der Waals surface area (Å²) in [7, 11) is 0. The molecule has 0 aliphatic heterocycles. The number of fused-ring (bicyclic) bond motifs is 10. The van der Waals surface area contributed by atoms with Gasteiger partial charge in [-0.25, -0.2) is 0 Å². The zero-order chi connectivity index (χ0) is 30.9. The monoisotopic (exact) mass is 617 g/mol. The van der Waals surface area contributed by atoms with Gasteiger partial charge in [0.2, 0.25) is 0 Å². The number of para-hydroxylation sites is 1. The lowest BCUT2D eigenvalue weighted by atomic mass is 9.99. The van der Waals surface area contributed by atoms with Gasteiger partial charge in [-0.15, -0.1) is 11.3 Å². The first-order valence-electron chi connectivity index (χ1n) is 15.9. The number of anilines is 3. The van der Waals surface area contributed by atoms with Crippen molar-refractivity contribution in [2.45, 2.75) is 0 Å². The van der Waals surface area contributed by atoms with Crippen LogP contribution in [0.5, 0.6) is 0 Å². The molecule has 0 bridgehead atoms. The van der Waals surface area contributed by atoms with E-state index in [0.29, 0.717) is 0 Å². The molecule has 10 rings (SSSR count). The number of benzene rings is 8. The van der Waals surface area contributed by atoms with E-state index in [4.69, 9.17) is 4.42 Å². The van der Waals surface area contributed by atoms with E-state index in [9.17, 15) is 0 Å². The molecule has 0 fully saturated rings. The van der Waals surface area contributed by atoms with Crippen LogP contribution in [-0.2, 0) is 0 Å². The Morgan fingerprint density at radius 1 is 0.426 bits per heavy atom. The zero-order valence-electron chi connectivity index (χ0n) is 25.4. The van der Waals surface area contributed by atoms with E-state index >= 15 is 0 Å². The van der Waals surface area contributed by atoms with Crippen LogP contribution in [0.2, 0.25) is 0 Å². The van der Waals surface area contributed by atoms with Crippen LogP contribution in [-0.4, -0.2) is 0 Å². The largest absolute Gasteiger partial charge is 0.455 e. The molecule has 0 aliphatic carbocycles. The molecule has 220 valence electrons. The Balaban J connectivity index is 1.25. The molecule has 2 nitrogen and oxygen atoms in total. The second-order valence-corrected chi connectivity index (χ2v) is 13.2. The lowest BCUT2D eigenvalue weighted by Gasteiger charge is -2.27. The van der Waals surface area contributed by atoms with Crippen molar-refractivity contribution >= 4 is 92.1 Å². The van der Waals surface area contributed by atoms with Crippen molar-refractivity contribution in [2.75, 3.05) is 4.90 Å². The molecular formula is C44H27NOS. The molecule has 8 aromatic carbocycles. The molecule has 0 saturated carbocycles. The second kappa shape index (κ2) is 10.3. The smallest absolute Gasteiger partial charge is 0.143 e. The number of hydrogen-bond acceptors (Lipinski definition) is 3. The molecule has 0 spiro atoms. The lowest BCUT2D eigenvalue weighted by Crippen LogP contribution is -2.10. The van der Waals surface area contributed by atoms with Crippen LogP contribution in [0.3, 0.4) is 0 Å². The minimum absolute atomic E-state index is 0.919. The van der Waals surface area contributed by atoms with Gasteiger partial charge < -0.3 is 9.32 Å². The van der Waals surface area contributed by atoms with Crippen molar-refractivity contribution in [2.24, 2.45) is 0 Å². The standard InChI is InChI=1S/C44H27NOS/c1-2-14-33(15-3-1)45(34-16-8-13-31(27-34)32-21-20-28-10-4-5-12-30(28)26-32)37-18-9-19-39-42(37)43-40(47-39)25-24-38-41(43)36-23-22-29-11-6-7-17-35(29)44(36)46-38/h1-27H. The molecule has 2 aromatic heterocycles. The van der Waals surface area contributed by atoms with Crippen LogP contribution >= 0.6 is 11.3 Å². The van der Waals surface area contributed by atoms with Gasteiger partial charge in [-0.1, -0.05) is 103 Å². The van der Waals surface area contributed by atoms with Crippen LogP contribution < -0.4 is 4.90 Å². The minimum Gasteiger partial charge on any atom is -0.455 e. The fourth-order valence-electron chi connectivity index (χ4n) is 7.27. The molecule has 0 unspecified atom stereocenters. The zero-order valence-corrected chi connectivity index (χ0v) is 26.2. The van der Waals surface area contributed by atoms with E-state index in [0.717, 1.165) is 39.0 Å². The quantitative estimate of drug-likeness (QED) is 0.195. The SMILES string of the molecule is c1ccc(N(c2cccc(-c3ccc4ccccc4c3)c2)c2cccc3sc4ccc5oc6c7ccccc7ccc6c5c4c23)cc1. The van der Waals surface area contributed by atoms with Crippen LogP contribution in [0.15, 0.2) is 168 Å². The number of hydrogen-bond donors (Lipinski definition) is 0. The molecule has 10 aromatic rings. The van der Waals surface area contributed by atoms with Crippen molar-refractivity contribution in [3.8, 4) is 11.1 Å². The molecule has 0 amide bonds. The topological polar surface area (TPSA) is 16.4 Å². The van der Waals surface area contributed by atoms with Gasteiger partial charge in [-0.05, 0) is 87.9 Å². The molecular weight excluding hydrogens is 591 g/mol. The van der Waals surface area contributed by atoms with Crippen LogP contribution in [0, 0.1) is 0 Å². The normalized spacial score (nSPS) is 11.8. The van der Waals surface area contributed by atoms with Gasteiger partial charge >= 0.3 is 0 Å². The molecule has 0 atom stereocenters. The highest BCUT2D eigenvalue weighted by Gasteiger charge is 2.22. The maximum Gasteiger partial charge on any atom is 0.143 e. The Bertz CT molecular complexity index is 2810. The van der Waals surface area contributed by atoms with E-state index in [1.165, 1.54) is 52.8 Å².